The second-order valence-corrected chi connectivity index (χ2v) is 5.98. The molecule has 0 amide bonds. The van der Waals surface area contributed by atoms with Gasteiger partial charge in [0.1, 0.15) is 29.0 Å². The number of carbonyl (C=O) groups is 3. The number of aromatic hydroxyl groups is 2. The summed E-state index contributed by atoms with van der Waals surface area (Å²) in [6, 6.07) is 1.96. The number of cyclic esters (lactones) is 1. The highest BCUT2D eigenvalue weighted by Crippen LogP contribution is 2.34. The lowest BCUT2D eigenvalue weighted by Gasteiger charge is -2.19. The molecule has 0 saturated carbocycles. The SMILES string of the molecule is CC1CCC(F)C(O)C(=O)C(=O)CCOc2cc(O)cc(O)c2C(=O)O1. The zero-order chi connectivity index (χ0) is 19.4. The van der Waals surface area contributed by atoms with E-state index in [9.17, 15) is 34.1 Å². The number of alkyl halides is 1. The molecule has 0 fully saturated rings. The number of halogens is 1. The summed E-state index contributed by atoms with van der Waals surface area (Å²) < 4.78 is 24.3. The molecule has 8 nitrogen and oxygen atoms in total. The van der Waals surface area contributed by atoms with Crippen molar-refractivity contribution < 1.29 is 43.6 Å². The van der Waals surface area contributed by atoms with Crippen molar-refractivity contribution in [2.24, 2.45) is 0 Å². The maximum atomic E-state index is 13.9. The Balaban J connectivity index is 2.34. The highest BCUT2D eigenvalue weighted by Gasteiger charge is 2.32. The molecule has 142 valence electrons. The predicted octanol–water partition coefficient (Wildman–Crippen LogP) is 1.04. The summed E-state index contributed by atoms with van der Waals surface area (Å²) in [4.78, 5) is 35.8. The molecule has 2 rings (SSSR count). The molecule has 0 aliphatic carbocycles. The Kier molecular flexibility index (Phi) is 6.14. The summed E-state index contributed by atoms with van der Waals surface area (Å²) in [5.74, 6) is -4.46. The van der Waals surface area contributed by atoms with E-state index in [1.165, 1.54) is 6.92 Å². The number of ketones is 2. The van der Waals surface area contributed by atoms with Gasteiger partial charge in [-0.2, -0.15) is 0 Å². The summed E-state index contributed by atoms with van der Waals surface area (Å²) in [5, 5.41) is 29.1. The van der Waals surface area contributed by atoms with Crippen LogP contribution in [0.1, 0.15) is 36.5 Å². The average molecular weight is 370 g/mol. The second kappa shape index (κ2) is 8.13. The zero-order valence-electron chi connectivity index (χ0n) is 14.0. The van der Waals surface area contributed by atoms with E-state index in [4.69, 9.17) is 9.47 Å². The van der Waals surface area contributed by atoms with Gasteiger partial charge in [-0.25, -0.2) is 9.18 Å². The fraction of sp³-hybridized carbons (Fsp3) is 0.471. The predicted molar refractivity (Wildman–Crippen MR) is 84.9 cm³/mol. The van der Waals surface area contributed by atoms with E-state index in [0.29, 0.717) is 0 Å². The molecule has 0 bridgehead atoms. The molecule has 0 aromatic heterocycles. The van der Waals surface area contributed by atoms with Crippen molar-refractivity contribution in [3.63, 3.8) is 0 Å². The summed E-state index contributed by atoms with van der Waals surface area (Å²) in [6.07, 6.45) is -5.69. The van der Waals surface area contributed by atoms with Crippen molar-refractivity contribution in [2.75, 3.05) is 6.61 Å². The third-order valence-corrected chi connectivity index (χ3v) is 3.90. The van der Waals surface area contributed by atoms with Crippen molar-refractivity contribution >= 4 is 17.5 Å². The zero-order valence-corrected chi connectivity index (χ0v) is 14.0. The summed E-state index contributed by atoms with van der Waals surface area (Å²) in [7, 11) is 0. The smallest absolute Gasteiger partial charge is 0.346 e. The van der Waals surface area contributed by atoms with Crippen LogP contribution in [0.4, 0.5) is 4.39 Å². The number of phenolic OH excluding ortho intramolecular Hbond substituents is 2. The van der Waals surface area contributed by atoms with E-state index in [0.717, 1.165) is 12.1 Å². The van der Waals surface area contributed by atoms with E-state index in [1.807, 2.05) is 0 Å². The van der Waals surface area contributed by atoms with Crippen molar-refractivity contribution in [1.29, 1.82) is 0 Å². The number of esters is 1. The number of carbonyl (C=O) groups excluding carboxylic acids is 3. The molecule has 0 saturated heterocycles. The van der Waals surface area contributed by atoms with Crippen LogP contribution < -0.4 is 4.74 Å². The van der Waals surface area contributed by atoms with Gasteiger partial charge in [0, 0.05) is 18.6 Å². The first-order valence-corrected chi connectivity index (χ1v) is 7.99. The van der Waals surface area contributed by atoms with Gasteiger partial charge in [-0.1, -0.05) is 0 Å². The Bertz CT molecular complexity index is 717. The molecule has 1 aliphatic rings. The van der Waals surface area contributed by atoms with Gasteiger partial charge >= 0.3 is 5.97 Å². The van der Waals surface area contributed by atoms with Crippen LogP contribution in [0.3, 0.4) is 0 Å². The molecule has 3 atom stereocenters. The number of rotatable bonds is 0. The fourth-order valence-electron chi connectivity index (χ4n) is 2.46. The van der Waals surface area contributed by atoms with E-state index < -0.39 is 54.7 Å². The summed E-state index contributed by atoms with van der Waals surface area (Å²) >= 11 is 0. The number of hydrogen-bond donors (Lipinski definition) is 3. The van der Waals surface area contributed by atoms with Crippen LogP contribution in [0.5, 0.6) is 17.2 Å². The van der Waals surface area contributed by atoms with Crippen LogP contribution in [0, 0.1) is 0 Å². The third kappa shape index (κ3) is 4.48. The molecule has 1 aromatic carbocycles. The van der Waals surface area contributed by atoms with Crippen molar-refractivity contribution in [1.82, 2.24) is 0 Å². The van der Waals surface area contributed by atoms with Gasteiger partial charge in [0.25, 0.3) is 0 Å². The highest BCUT2D eigenvalue weighted by molar-refractivity contribution is 6.39. The van der Waals surface area contributed by atoms with Crippen LogP contribution in [0.2, 0.25) is 0 Å². The van der Waals surface area contributed by atoms with Gasteiger partial charge in [-0.05, 0) is 19.8 Å². The molecule has 0 radical (unpaired) electrons. The Morgan fingerprint density at radius 3 is 2.54 bits per heavy atom. The lowest BCUT2D eigenvalue weighted by Crippen LogP contribution is -2.37. The van der Waals surface area contributed by atoms with Crippen LogP contribution in [-0.2, 0) is 14.3 Å². The minimum absolute atomic E-state index is 0.0273. The molecular formula is C17H19FO8. The number of benzene rings is 1. The molecule has 26 heavy (non-hydrogen) atoms. The van der Waals surface area contributed by atoms with Crippen molar-refractivity contribution in [3.05, 3.63) is 17.7 Å². The molecular weight excluding hydrogens is 351 g/mol. The summed E-state index contributed by atoms with van der Waals surface area (Å²) in [6.45, 7) is 1.07. The lowest BCUT2D eigenvalue weighted by atomic mass is 10.0. The number of aliphatic hydroxyl groups is 1. The molecule has 1 heterocycles. The lowest BCUT2D eigenvalue weighted by molar-refractivity contribution is -0.144. The largest absolute Gasteiger partial charge is 0.508 e. The normalized spacial score (nSPS) is 25.7. The highest BCUT2D eigenvalue weighted by atomic mass is 19.1. The average Bonchev–Trinajstić information content (AvgIpc) is 2.56. The first-order chi connectivity index (χ1) is 12.2. The minimum atomic E-state index is -2.09. The van der Waals surface area contributed by atoms with Crippen molar-refractivity contribution in [3.8, 4) is 17.2 Å². The molecule has 9 heteroatoms. The standard InChI is InChI=1S/C17H19FO8/c1-8-2-3-10(18)15(22)16(23)11(20)4-5-25-13-7-9(19)6-12(21)14(13)17(24)26-8/h6-8,10,15,19,21-22H,2-5H2,1H3. The molecule has 1 aliphatic heterocycles. The van der Waals surface area contributed by atoms with Gasteiger partial charge < -0.3 is 24.8 Å². The van der Waals surface area contributed by atoms with Gasteiger partial charge in [-0.3, -0.25) is 9.59 Å². The number of Topliss-reactive ketones (excluding diaryl/α,β-unsaturated/α-hetero) is 2. The first kappa shape index (κ1) is 19.6. The Labute approximate surface area is 148 Å². The number of fused-ring (bicyclic) bond motifs is 1. The maximum absolute atomic E-state index is 13.9. The molecule has 1 aromatic rings. The summed E-state index contributed by atoms with van der Waals surface area (Å²) in [5.41, 5.74) is -0.359. The monoisotopic (exact) mass is 370 g/mol. The Hall–Kier alpha value is -2.68. The van der Waals surface area contributed by atoms with Crippen LogP contribution in [0.15, 0.2) is 12.1 Å². The number of phenols is 2. The molecule has 3 unspecified atom stereocenters. The quantitative estimate of drug-likeness (QED) is 0.456. The third-order valence-electron chi connectivity index (χ3n) is 3.90. The van der Waals surface area contributed by atoms with Crippen LogP contribution >= 0.6 is 0 Å². The number of aliphatic hydroxyl groups excluding tert-OH is 1. The first-order valence-electron chi connectivity index (χ1n) is 7.99. The fourth-order valence-corrected chi connectivity index (χ4v) is 2.46. The van der Waals surface area contributed by atoms with E-state index in [1.54, 1.807) is 0 Å². The van der Waals surface area contributed by atoms with Crippen molar-refractivity contribution in [2.45, 2.75) is 44.6 Å². The number of ether oxygens (including phenoxy) is 2. The molecule has 3 N–H and O–H groups in total. The van der Waals surface area contributed by atoms with Gasteiger partial charge in [-0.15, -0.1) is 0 Å². The maximum Gasteiger partial charge on any atom is 0.346 e. The molecule has 0 spiro atoms. The number of hydrogen-bond acceptors (Lipinski definition) is 8. The van der Waals surface area contributed by atoms with E-state index >= 15 is 0 Å². The van der Waals surface area contributed by atoms with Crippen LogP contribution in [0.25, 0.3) is 0 Å². The van der Waals surface area contributed by atoms with Gasteiger partial charge in [0.15, 0.2) is 6.10 Å². The van der Waals surface area contributed by atoms with E-state index in [2.05, 4.69) is 0 Å². The Morgan fingerprint density at radius 2 is 1.85 bits per heavy atom. The van der Waals surface area contributed by atoms with Gasteiger partial charge in [0.2, 0.25) is 11.6 Å². The second-order valence-electron chi connectivity index (χ2n) is 5.98. The topological polar surface area (TPSA) is 130 Å². The minimum Gasteiger partial charge on any atom is -0.508 e. The van der Waals surface area contributed by atoms with E-state index in [-0.39, 0.29) is 29.9 Å². The van der Waals surface area contributed by atoms with Crippen LogP contribution in [-0.4, -0.2) is 57.8 Å². The van der Waals surface area contributed by atoms with Gasteiger partial charge in [0.05, 0.1) is 12.7 Å². The Morgan fingerprint density at radius 1 is 1.15 bits per heavy atom.